The average molecular weight is 257 g/mol. The summed E-state index contributed by atoms with van der Waals surface area (Å²) in [4.78, 5) is 18.8. The molecule has 0 fully saturated rings. The minimum Gasteiger partial charge on any atom is -0.478 e. The molecule has 0 amide bonds. The van der Waals surface area contributed by atoms with Crippen molar-refractivity contribution in [3.8, 4) is 0 Å². The lowest BCUT2D eigenvalue weighted by atomic mass is 10.1. The van der Waals surface area contributed by atoms with E-state index in [0.717, 1.165) is 16.8 Å². The molecule has 1 aromatic carbocycles. The third-order valence-corrected chi connectivity index (χ3v) is 2.94. The summed E-state index contributed by atoms with van der Waals surface area (Å²) in [5.74, 6) is -1.01. The normalized spacial score (nSPS) is 10.2. The molecule has 0 aliphatic carbocycles. The minimum atomic E-state index is -1.01. The van der Waals surface area contributed by atoms with Crippen molar-refractivity contribution in [1.82, 2.24) is 9.97 Å². The SMILES string of the molecule is Cc1cccc(C)c1NCc1ncncc1C(=O)O. The lowest BCUT2D eigenvalue weighted by Gasteiger charge is -2.12. The topological polar surface area (TPSA) is 75.1 Å². The fraction of sp³-hybridized carbons (Fsp3) is 0.214. The van der Waals surface area contributed by atoms with E-state index in [1.165, 1.54) is 12.5 Å². The molecule has 0 aliphatic rings. The Hall–Kier alpha value is -2.43. The molecular formula is C14H15N3O2. The summed E-state index contributed by atoms with van der Waals surface area (Å²) < 4.78 is 0. The van der Waals surface area contributed by atoms with Gasteiger partial charge in [0.1, 0.15) is 11.9 Å². The van der Waals surface area contributed by atoms with Gasteiger partial charge >= 0.3 is 5.97 Å². The molecular weight excluding hydrogens is 242 g/mol. The first-order valence-electron chi connectivity index (χ1n) is 5.92. The molecule has 0 radical (unpaired) electrons. The molecule has 2 aromatic rings. The number of carboxylic acids is 1. The van der Waals surface area contributed by atoms with Crippen molar-refractivity contribution in [1.29, 1.82) is 0 Å². The second kappa shape index (κ2) is 5.48. The molecule has 1 aromatic heterocycles. The molecule has 0 aliphatic heterocycles. The Morgan fingerprint density at radius 3 is 2.63 bits per heavy atom. The highest BCUT2D eigenvalue weighted by Gasteiger charge is 2.11. The summed E-state index contributed by atoms with van der Waals surface area (Å²) in [6, 6.07) is 6.00. The van der Waals surface area contributed by atoms with Crippen LogP contribution in [-0.2, 0) is 6.54 Å². The van der Waals surface area contributed by atoms with E-state index in [-0.39, 0.29) is 5.56 Å². The first-order chi connectivity index (χ1) is 9.09. The molecule has 0 spiro atoms. The van der Waals surface area contributed by atoms with E-state index in [4.69, 9.17) is 5.11 Å². The number of aromatic nitrogens is 2. The van der Waals surface area contributed by atoms with E-state index in [1.807, 2.05) is 32.0 Å². The highest BCUT2D eigenvalue weighted by atomic mass is 16.4. The van der Waals surface area contributed by atoms with Gasteiger partial charge in [0.05, 0.1) is 12.2 Å². The van der Waals surface area contributed by atoms with Crippen LogP contribution in [0.5, 0.6) is 0 Å². The third-order valence-electron chi connectivity index (χ3n) is 2.94. The lowest BCUT2D eigenvalue weighted by molar-refractivity contribution is 0.0694. The number of nitrogens with one attached hydrogen (secondary N) is 1. The van der Waals surface area contributed by atoms with E-state index >= 15 is 0 Å². The van der Waals surface area contributed by atoms with Gasteiger partial charge in [-0.25, -0.2) is 14.8 Å². The van der Waals surface area contributed by atoms with E-state index < -0.39 is 5.97 Å². The van der Waals surface area contributed by atoms with Gasteiger partial charge in [0, 0.05) is 11.9 Å². The number of hydrogen-bond acceptors (Lipinski definition) is 4. The van der Waals surface area contributed by atoms with Gasteiger partial charge in [0.2, 0.25) is 0 Å². The maximum absolute atomic E-state index is 11.1. The molecule has 98 valence electrons. The summed E-state index contributed by atoms with van der Waals surface area (Å²) in [5.41, 5.74) is 3.85. The van der Waals surface area contributed by atoms with Crippen LogP contribution in [0, 0.1) is 13.8 Å². The second-order valence-electron chi connectivity index (χ2n) is 4.31. The van der Waals surface area contributed by atoms with Crippen LogP contribution in [0.1, 0.15) is 27.2 Å². The van der Waals surface area contributed by atoms with Crippen molar-refractivity contribution < 1.29 is 9.90 Å². The highest BCUT2D eigenvalue weighted by molar-refractivity contribution is 5.88. The first kappa shape index (κ1) is 13.0. The Morgan fingerprint density at radius 1 is 1.32 bits per heavy atom. The summed E-state index contributed by atoms with van der Waals surface area (Å²) in [7, 11) is 0. The Kier molecular flexibility index (Phi) is 3.75. The number of nitrogens with zero attached hydrogens (tertiary/aromatic N) is 2. The van der Waals surface area contributed by atoms with Crippen molar-refractivity contribution in [3.05, 3.63) is 53.1 Å². The smallest absolute Gasteiger partial charge is 0.339 e. The van der Waals surface area contributed by atoms with E-state index in [9.17, 15) is 4.79 Å². The molecule has 0 atom stereocenters. The van der Waals surface area contributed by atoms with Crippen LogP contribution in [0.15, 0.2) is 30.7 Å². The predicted molar refractivity (Wildman–Crippen MR) is 72.2 cm³/mol. The first-order valence-corrected chi connectivity index (χ1v) is 5.92. The number of carboxylic acid groups (broad SMARTS) is 1. The van der Waals surface area contributed by atoms with Gasteiger partial charge in [0.25, 0.3) is 0 Å². The van der Waals surface area contributed by atoms with Crippen LogP contribution in [0.2, 0.25) is 0 Å². The molecule has 2 rings (SSSR count). The zero-order valence-electron chi connectivity index (χ0n) is 10.8. The standard InChI is InChI=1S/C14H15N3O2/c1-9-4-3-5-10(2)13(9)16-7-12-11(14(18)19)6-15-8-17-12/h3-6,8,16H,7H2,1-2H3,(H,18,19). The number of benzene rings is 1. The Labute approximate surface area is 111 Å². The zero-order valence-corrected chi connectivity index (χ0v) is 10.8. The lowest BCUT2D eigenvalue weighted by Crippen LogP contribution is -2.11. The third kappa shape index (κ3) is 2.88. The molecule has 0 bridgehead atoms. The van der Waals surface area contributed by atoms with Gasteiger partial charge in [-0.15, -0.1) is 0 Å². The predicted octanol–water partition coefficient (Wildman–Crippen LogP) is 2.40. The Bertz CT molecular complexity index is 591. The number of carbonyl (C=O) groups is 1. The number of aromatic carboxylic acids is 1. The van der Waals surface area contributed by atoms with Gasteiger partial charge in [0.15, 0.2) is 0 Å². The maximum Gasteiger partial charge on any atom is 0.339 e. The zero-order chi connectivity index (χ0) is 13.8. The number of rotatable bonds is 4. The van der Waals surface area contributed by atoms with Crippen LogP contribution < -0.4 is 5.32 Å². The van der Waals surface area contributed by atoms with Crippen LogP contribution in [0.25, 0.3) is 0 Å². The fourth-order valence-corrected chi connectivity index (χ4v) is 1.94. The number of hydrogen-bond donors (Lipinski definition) is 2. The van der Waals surface area contributed by atoms with Crippen molar-refractivity contribution in [2.45, 2.75) is 20.4 Å². The van der Waals surface area contributed by atoms with Crippen LogP contribution in [0.4, 0.5) is 5.69 Å². The second-order valence-corrected chi connectivity index (χ2v) is 4.31. The molecule has 0 saturated carbocycles. The fourth-order valence-electron chi connectivity index (χ4n) is 1.94. The van der Waals surface area contributed by atoms with Crippen LogP contribution >= 0.6 is 0 Å². The van der Waals surface area contributed by atoms with Gasteiger partial charge in [-0.3, -0.25) is 0 Å². The Morgan fingerprint density at radius 2 is 2.00 bits per heavy atom. The van der Waals surface area contributed by atoms with Gasteiger partial charge in [-0.2, -0.15) is 0 Å². The number of aryl methyl sites for hydroxylation is 2. The van der Waals surface area contributed by atoms with Crippen LogP contribution in [0.3, 0.4) is 0 Å². The molecule has 0 unspecified atom stereocenters. The van der Waals surface area contributed by atoms with Gasteiger partial charge < -0.3 is 10.4 Å². The summed E-state index contributed by atoms with van der Waals surface area (Å²) >= 11 is 0. The van der Waals surface area contributed by atoms with Crippen molar-refractivity contribution in [2.24, 2.45) is 0 Å². The monoisotopic (exact) mass is 257 g/mol. The van der Waals surface area contributed by atoms with E-state index in [0.29, 0.717) is 12.2 Å². The van der Waals surface area contributed by atoms with E-state index in [2.05, 4.69) is 15.3 Å². The number of anilines is 1. The minimum absolute atomic E-state index is 0.126. The molecule has 2 N–H and O–H groups in total. The quantitative estimate of drug-likeness (QED) is 0.879. The van der Waals surface area contributed by atoms with Gasteiger partial charge in [-0.05, 0) is 25.0 Å². The summed E-state index contributed by atoms with van der Waals surface area (Å²) in [5, 5.41) is 12.3. The molecule has 1 heterocycles. The summed E-state index contributed by atoms with van der Waals surface area (Å²) in [6.45, 7) is 4.37. The van der Waals surface area contributed by atoms with Crippen LogP contribution in [-0.4, -0.2) is 21.0 Å². The highest BCUT2D eigenvalue weighted by Crippen LogP contribution is 2.20. The largest absolute Gasteiger partial charge is 0.478 e. The molecule has 5 heteroatoms. The Balaban J connectivity index is 2.22. The van der Waals surface area contributed by atoms with Crippen molar-refractivity contribution >= 4 is 11.7 Å². The van der Waals surface area contributed by atoms with Crippen molar-refractivity contribution in [2.75, 3.05) is 5.32 Å². The number of para-hydroxylation sites is 1. The average Bonchev–Trinajstić information content (AvgIpc) is 2.38. The molecule has 19 heavy (non-hydrogen) atoms. The van der Waals surface area contributed by atoms with Crippen molar-refractivity contribution in [3.63, 3.8) is 0 Å². The summed E-state index contributed by atoms with van der Waals surface area (Å²) in [6.07, 6.45) is 2.67. The maximum atomic E-state index is 11.1. The van der Waals surface area contributed by atoms with Gasteiger partial charge in [-0.1, -0.05) is 18.2 Å². The molecule has 0 saturated heterocycles. The molecule has 5 nitrogen and oxygen atoms in total. The van der Waals surface area contributed by atoms with E-state index in [1.54, 1.807) is 0 Å².